The van der Waals surface area contributed by atoms with Gasteiger partial charge in [-0.3, -0.25) is 9.69 Å². The average molecular weight is 329 g/mol. The van der Waals surface area contributed by atoms with E-state index in [0.717, 1.165) is 16.4 Å². The monoisotopic (exact) mass is 329 g/mol. The van der Waals surface area contributed by atoms with Gasteiger partial charge in [-0.1, -0.05) is 25.7 Å². The highest BCUT2D eigenvalue weighted by Crippen LogP contribution is 2.69. The molecule has 0 atom stereocenters. The first kappa shape index (κ1) is 18.3. The van der Waals surface area contributed by atoms with Crippen LogP contribution in [0.5, 0.6) is 0 Å². The fraction of sp³-hybridized carbons (Fsp3) is 0.800. The Morgan fingerprint density at radius 1 is 1.22 bits per heavy atom. The Kier molecular flexibility index (Phi) is 9.38. The first-order chi connectivity index (χ1) is 8.40. The Hall–Kier alpha value is 0.290. The summed E-state index contributed by atoms with van der Waals surface area (Å²) in [5.74, 6) is 1.53. The maximum atomic E-state index is 12.0. The van der Waals surface area contributed by atoms with Crippen molar-refractivity contribution in [1.82, 2.24) is 4.90 Å². The highest BCUT2D eigenvalue weighted by atomic mass is 33.2. The van der Waals surface area contributed by atoms with Crippen LogP contribution < -0.4 is 0 Å². The third kappa shape index (κ3) is 6.45. The van der Waals surface area contributed by atoms with Gasteiger partial charge in [-0.05, 0) is 18.4 Å². The molecule has 0 fully saturated rings. The van der Waals surface area contributed by atoms with E-state index in [1.54, 1.807) is 29.7 Å². The van der Waals surface area contributed by atoms with Crippen LogP contribution in [-0.2, 0) is 21.3 Å². The molecule has 0 saturated heterocycles. The average Bonchev–Trinajstić information content (AvgIpc) is 2.28. The Labute approximate surface area is 122 Å². The molecule has 0 aliphatic carbocycles. The van der Waals surface area contributed by atoms with Gasteiger partial charge in [-0.2, -0.15) is 0 Å². The van der Waals surface area contributed by atoms with E-state index in [9.17, 15) is 9.59 Å². The standard InChI is InChI=1S/C10H20NO3PS3/c1-5-14-10(13)11(4)9(12)8-15(16,17-6-2)18-7-3/h5-8H2,1-4H3. The van der Waals surface area contributed by atoms with Crippen LogP contribution in [0.25, 0.3) is 0 Å². The van der Waals surface area contributed by atoms with Gasteiger partial charge in [0, 0.05) is 7.05 Å². The third-order valence-electron chi connectivity index (χ3n) is 1.90. The molecule has 0 bridgehead atoms. The molecule has 0 rings (SSSR count). The van der Waals surface area contributed by atoms with Crippen molar-refractivity contribution in [1.29, 1.82) is 0 Å². The Morgan fingerprint density at radius 3 is 2.11 bits per heavy atom. The number of carbonyl (C=O) groups is 2. The summed E-state index contributed by atoms with van der Waals surface area (Å²) in [6.45, 7) is 6.03. The van der Waals surface area contributed by atoms with Gasteiger partial charge in [-0.25, -0.2) is 4.79 Å². The van der Waals surface area contributed by atoms with Crippen LogP contribution in [0.2, 0.25) is 0 Å². The molecule has 0 spiro atoms. The quantitative estimate of drug-likeness (QED) is 0.667. The molecule has 2 amide bonds. The summed E-state index contributed by atoms with van der Waals surface area (Å²) in [5.41, 5.74) is 0. The topological polar surface area (TPSA) is 46.6 Å². The molecule has 8 heteroatoms. The molecular weight excluding hydrogens is 309 g/mol. The Bertz CT molecular complexity index is 328. The van der Waals surface area contributed by atoms with Crippen LogP contribution in [0.15, 0.2) is 0 Å². The molecule has 18 heavy (non-hydrogen) atoms. The van der Waals surface area contributed by atoms with Crippen molar-refractivity contribution in [2.24, 2.45) is 0 Å². The van der Waals surface area contributed by atoms with E-state index >= 15 is 0 Å². The zero-order valence-electron chi connectivity index (χ0n) is 11.2. The van der Waals surface area contributed by atoms with Crippen LogP contribution >= 0.6 is 27.2 Å². The molecule has 0 saturated carbocycles. The molecule has 0 N–H and O–H groups in total. The summed E-state index contributed by atoms with van der Waals surface area (Å²) in [6, 6.07) is 0. The van der Waals surface area contributed by atoms with E-state index < -0.39 is 10.5 Å². The molecule has 0 heterocycles. The van der Waals surface area contributed by atoms with Crippen LogP contribution in [0, 0.1) is 0 Å². The van der Waals surface area contributed by atoms with Crippen LogP contribution in [0.4, 0.5) is 4.79 Å². The predicted molar refractivity (Wildman–Crippen MR) is 85.2 cm³/mol. The van der Waals surface area contributed by atoms with Crippen LogP contribution in [0.3, 0.4) is 0 Å². The molecule has 4 nitrogen and oxygen atoms in total. The second-order valence-electron chi connectivity index (χ2n) is 3.26. The first-order valence-corrected chi connectivity index (χ1v) is 11.9. The number of carbonyl (C=O) groups excluding carboxylic acids is 2. The van der Waals surface area contributed by atoms with Crippen molar-refractivity contribution < 1.29 is 14.3 Å². The van der Waals surface area contributed by atoms with Crippen molar-refractivity contribution in [2.75, 3.05) is 31.3 Å². The summed E-state index contributed by atoms with van der Waals surface area (Å²) in [7, 11) is 1.44. The number of imide groups is 1. The lowest BCUT2D eigenvalue weighted by Crippen LogP contribution is -2.35. The molecule has 0 aliphatic rings. The highest BCUT2D eigenvalue weighted by Gasteiger charge is 2.26. The van der Waals surface area contributed by atoms with Crippen molar-refractivity contribution >= 4 is 51.0 Å². The molecular formula is C10H20NO3PS3. The van der Waals surface area contributed by atoms with Gasteiger partial charge in [0.25, 0.3) is 0 Å². The normalized spacial score (nSPS) is 11.1. The van der Waals surface area contributed by atoms with Gasteiger partial charge in [0.2, 0.25) is 5.91 Å². The SMILES string of the molecule is CCOC(=O)N(C)C(=O)CP(=S)(SCC)SCC. The fourth-order valence-electron chi connectivity index (χ4n) is 1.12. The largest absolute Gasteiger partial charge is 0.449 e. The van der Waals surface area contributed by atoms with Crippen molar-refractivity contribution in [3.05, 3.63) is 0 Å². The van der Waals surface area contributed by atoms with Gasteiger partial charge < -0.3 is 4.74 Å². The molecule has 0 aromatic carbocycles. The van der Waals surface area contributed by atoms with Gasteiger partial charge in [0.15, 0.2) is 0 Å². The maximum absolute atomic E-state index is 12.0. The van der Waals surface area contributed by atoms with E-state index in [2.05, 4.69) is 0 Å². The summed E-state index contributed by atoms with van der Waals surface area (Å²) in [5, 5.41) is 0. The number of rotatable bonds is 7. The Balaban J connectivity index is 4.59. The summed E-state index contributed by atoms with van der Waals surface area (Å²) < 4.78 is 2.97. The van der Waals surface area contributed by atoms with Crippen molar-refractivity contribution in [2.45, 2.75) is 20.8 Å². The van der Waals surface area contributed by atoms with E-state index in [1.807, 2.05) is 13.8 Å². The number of nitrogens with zero attached hydrogens (tertiary/aromatic N) is 1. The fourth-order valence-corrected chi connectivity index (χ4v) is 11.3. The summed E-state index contributed by atoms with van der Waals surface area (Å²) >= 11 is 8.91. The maximum Gasteiger partial charge on any atom is 0.416 e. The van der Waals surface area contributed by atoms with Crippen molar-refractivity contribution in [3.63, 3.8) is 0 Å². The zero-order chi connectivity index (χ0) is 14.2. The lowest BCUT2D eigenvalue weighted by atomic mass is 10.6. The van der Waals surface area contributed by atoms with E-state index in [1.165, 1.54) is 7.05 Å². The second-order valence-corrected chi connectivity index (χ2v) is 15.7. The number of hydrogen-bond donors (Lipinski definition) is 0. The van der Waals surface area contributed by atoms with Gasteiger partial charge in [-0.15, -0.1) is 22.8 Å². The van der Waals surface area contributed by atoms with E-state index in [4.69, 9.17) is 16.5 Å². The van der Waals surface area contributed by atoms with Gasteiger partial charge in [0.05, 0.1) is 17.2 Å². The lowest BCUT2D eigenvalue weighted by molar-refractivity contribution is -0.125. The lowest BCUT2D eigenvalue weighted by Gasteiger charge is -2.21. The smallest absolute Gasteiger partial charge is 0.416 e. The van der Waals surface area contributed by atoms with Crippen LogP contribution in [0.1, 0.15) is 20.8 Å². The van der Waals surface area contributed by atoms with Crippen LogP contribution in [-0.4, -0.2) is 48.2 Å². The zero-order valence-corrected chi connectivity index (χ0v) is 14.5. The Morgan fingerprint density at radius 2 is 1.72 bits per heavy atom. The highest BCUT2D eigenvalue weighted by molar-refractivity contribution is 9.00. The van der Waals surface area contributed by atoms with E-state index in [0.29, 0.717) is 0 Å². The third-order valence-corrected chi connectivity index (χ3v) is 12.7. The minimum atomic E-state index is -1.82. The summed E-state index contributed by atoms with van der Waals surface area (Å²) in [4.78, 5) is 24.4. The molecule has 0 aromatic heterocycles. The molecule has 0 aliphatic heterocycles. The molecule has 0 radical (unpaired) electrons. The predicted octanol–water partition coefficient (Wildman–Crippen LogP) is 3.42. The number of hydrogen-bond acceptors (Lipinski definition) is 6. The number of amides is 2. The molecule has 0 unspecified atom stereocenters. The molecule has 0 aromatic rings. The summed E-state index contributed by atoms with van der Waals surface area (Å²) in [6.07, 6.45) is -0.346. The van der Waals surface area contributed by atoms with Gasteiger partial charge in [0.1, 0.15) is 0 Å². The number of ether oxygens (including phenoxy) is 1. The minimum Gasteiger partial charge on any atom is -0.449 e. The first-order valence-electron chi connectivity index (χ1n) is 5.71. The minimum absolute atomic E-state index is 0.251. The van der Waals surface area contributed by atoms with E-state index in [-0.39, 0.29) is 18.7 Å². The van der Waals surface area contributed by atoms with Gasteiger partial charge >= 0.3 is 6.09 Å². The van der Waals surface area contributed by atoms with Crippen molar-refractivity contribution in [3.8, 4) is 0 Å². The second kappa shape index (κ2) is 9.23. The molecule has 106 valence electrons.